The molecule has 1 aromatic carbocycles. The zero-order valence-electron chi connectivity index (χ0n) is 9.75. The molecular formula is C12H15ClN2S. The van der Waals surface area contributed by atoms with Crippen LogP contribution in [0.2, 0.25) is 5.02 Å². The molecule has 16 heavy (non-hydrogen) atoms. The van der Waals surface area contributed by atoms with Gasteiger partial charge in [-0.1, -0.05) is 23.4 Å². The largest absolute Gasteiger partial charge is 0.353 e. The molecule has 1 aliphatic rings. The Balaban J connectivity index is 2.37. The third-order valence-corrected chi connectivity index (χ3v) is 4.13. The molecule has 0 amide bonds. The van der Waals surface area contributed by atoms with E-state index in [1.165, 1.54) is 0 Å². The lowest BCUT2D eigenvalue weighted by molar-refractivity contribution is 0.563. The smallest absolute Gasteiger partial charge is 0.164 e. The van der Waals surface area contributed by atoms with Gasteiger partial charge in [-0.25, -0.2) is 4.99 Å². The standard InChI is InChI=1S/C12H15ClN2S/c1-8-7-11(9(2)6-10(8)13)14-12-15(3)4-5-16-12/h6-7H,4-5H2,1-3H3. The lowest BCUT2D eigenvalue weighted by Gasteiger charge is -2.11. The van der Waals surface area contributed by atoms with E-state index in [4.69, 9.17) is 11.6 Å². The number of halogens is 1. The summed E-state index contributed by atoms with van der Waals surface area (Å²) in [6, 6.07) is 4.04. The minimum absolute atomic E-state index is 0.814. The maximum atomic E-state index is 6.07. The molecule has 0 aromatic heterocycles. The summed E-state index contributed by atoms with van der Waals surface area (Å²) in [4.78, 5) is 6.88. The first-order chi connectivity index (χ1) is 7.58. The molecule has 0 unspecified atom stereocenters. The molecule has 2 rings (SSSR count). The van der Waals surface area contributed by atoms with Crippen LogP contribution in [0.25, 0.3) is 0 Å². The monoisotopic (exact) mass is 254 g/mol. The second-order valence-corrected chi connectivity index (χ2v) is 5.52. The summed E-state index contributed by atoms with van der Waals surface area (Å²) >= 11 is 7.87. The van der Waals surface area contributed by atoms with Gasteiger partial charge in [0.05, 0.1) is 5.69 Å². The fourth-order valence-electron chi connectivity index (χ4n) is 1.59. The summed E-state index contributed by atoms with van der Waals surface area (Å²) in [5, 5.41) is 1.92. The zero-order valence-corrected chi connectivity index (χ0v) is 11.3. The molecule has 1 aromatic rings. The van der Waals surface area contributed by atoms with E-state index in [1.54, 1.807) is 0 Å². The third-order valence-electron chi connectivity index (χ3n) is 2.68. The number of hydrogen-bond donors (Lipinski definition) is 0. The van der Waals surface area contributed by atoms with E-state index >= 15 is 0 Å². The Hall–Kier alpha value is -0.670. The quantitative estimate of drug-likeness (QED) is 0.761. The van der Waals surface area contributed by atoms with Crippen LogP contribution in [0.1, 0.15) is 11.1 Å². The van der Waals surface area contributed by atoms with Gasteiger partial charge in [0.1, 0.15) is 0 Å². The minimum atomic E-state index is 0.814. The van der Waals surface area contributed by atoms with Crippen LogP contribution < -0.4 is 0 Å². The van der Waals surface area contributed by atoms with Gasteiger partial charge in [0.25, 0.3) is 0 Å². The van der Waals surface area contributed by atoms with E-state index in [2.05, 4.69) is 23.0 Å². The first kappa shape index (κ1) is 11.8. The normalized spacial score (nSPS) is 18.5. The molecule has 0 saturated carbocycles. The number of benzene rings is 1. The van der Waals surface area contributed by atoms with Gasteiger partial charge in [0.2, 0.25) is 0 Å². The van der Waals surface area contributed by atoms with E-state index in [0.29, 0.717) is 0 Å². The number of hydrogen-bond acceptors (Lipinski definition) is 2. The van der Waals surface area contributed by atoms with Crippen LogP contribution in [0.5, 0.6) is 0 Å². The molecule has 1 fully saturated rings. The van der Waals surface area contributed by atoms with Crippen LogP contribution in [0.3, 0.4) is 0 Å². The van der Waals surface area contributed by atoms with Gasteiger partial charge < -0.3 is 4.90 Å². The van der Waals surface area contributed by atoms with E-state index in [-0.39, 0.29) is 0 Å². The van der Waals surface area contributed by atoms with Gasteiger partial charge in [-0.15, -0.1) is 0 Å². The van der Waals surface area contributed by atoms with Crippen molar-refractivity contribution in [3.8, 4) is 0 Å². The number of rotatable bonds is 1. The lowest BCUT2D eigenvalue weighted by atomic mass is 10.1. The van der Waals surface area contributed by atoms with Gasteiger partial charge in [0.15, 0.2) is 5.17 Å². The summed E-state index contributed by atoms with van der Waals surface area (Å²) in [6.07, 6.45) is 0. The highest BCUT2D eigenvalue weighted by molar-refractivity contribution is 8.14. The first-order valence-corrected chi connectivity index (χ1v) is 6.63. The average molecular weight is 255 g/mol. The fraction of sp³-hybridized carbons (Fsp3) is 0.417. The second-order valence-electron chi connectivity index (χ2n) is 4.05. The Morgan fingerprint density at radius 2 is 2.06 bits per heavy atom. The summed E-state index contributed by atoms with van der Waals surface area (Å²) in [6.45, 7) is 5.14. The topological polar surface area (TPSA) is 15.6 Å². The maximum absolute atomic E-state index is 6.07. The number of aliphatic imine (C=N–C) groups is 1. The number of nitrogens with zero attached hydrogens (tertiary/aromatic N) is 2. The van der Waals surface area contributed by atoms with Crippen molar-refractivity contribution >= 4 is 34.2 Å². The molecule has 1 aliphatic heterocycles. The molecule has 2 nitrogen and oxygen atoms in total. The van der Waals surface area contributed by atoms with Crippen LogP contribution in [0, 0.1) is 13.8 Å². The molecule has 0 N–H and O–H groups in total. The summed E-state index contributed by atoms with van der Waals surface area (Å²) in [5.74, 6) is 1.13. The van der Waals surface area contributed by atoms with E-state index in [1.807, 2.05) is 31.7 Å². The predicted octanol–water partition coefficient (Wildman–Crippen LogP) is 3.62. The Labute approximate surface area is 106 Å². The summed E-state index contributed by atoms with van der Waals surface area (Å²) < 4.78 is 0. The molecular weight excluding hydrogens is 240 g/mol. The van der Waals surface area contributed by atoms with Gasteiger partial charge >= 0.3 is 0 Å². The van der Waals surface area contributed by atoms with E-state index < -0.39 is 0 Å². The lowest BCUT2D eigenvalue weighted by Crippen LogP contribution is -2.17. The molecule has 1 saturated heterocycles. The van der Waals surface area contributed by atoms with Crippen LogP contribution in [-0.2, 0) is 0 Å². The van der Waals surface area contributed by atoms with E-state index in [9.17, 15) is 0 Å². The van der Waals surface area contributed by atoms with Crippen molar-refractivity contribution in [2.75, 3.05) is 19.3 Å². The van der Waals surface area contributed by atoms with Crippen LogP contribution in [0.15, 0.2) is 17.1 Å². The van der Waals surface area contributed by atoms with Crippen molar-refractivity contribution < 1.29 is 0 Å². The molecule has 86 valence electrons. The van der Waals surface area contributed by atoms with Crippen molar-refractivity contribution in [1.82, 2.24) is 4.90 Å². The molecule has 0 radical (unpaired) electrons. The van der Waals surface area contributed by atoms with Crippen molar-refractivity contribution in [3.63, 3.8) is 0 Å². The Morgan fingerprint density at radius 1 is 1.31 bits per heavy atom. The Morgan fingerprint density at radius 3 is 2.69 bits per heavy atom. The van der Waals surface area contributed by atoms with Gasteiger partial charge in [-0.3, -0.25) is 0 Å². The summed E-state index contributed by atoms with van der Waals surface area (Å²) in [7, 11) is 2.08. The molecule has 0 aliphatic carbocycles. The van der Waals surface area contributed by atoms with Gasteiger partial charge in [-0.2, -0.15) is 0 Å². The molecule has 0 spiro atoms. The fourth-order valence-corrected chi connectivity index (χ4v) is 2.83. The van der Waals surface area contributed by atoms with Gasteiger partial charge in [0, 0.05) is 24.4 Å². The molecule has 0 bridgehead atoms. The predicted molar refractivity (Wildman–Crippen MR) is 73.1 cm³/mol. The van der Waals surface area contributed by atoms with Gasteiger partial charge in [-0.05, 0) is 37.1 Å². The SMILES string of the molecule is Cc1cc(N=C2SCCN2C)c(C)cc1Cl. The molecule has 0 atom stereocenters. The third kappa shape index (κ3) is 2.36. The number of aryl methyl sites for hydroxylation is 2. The molecule has 4 heteroatoms. The molecule has 1 heterocycles. The van der Waals surface area contributed by atoms with E-state index in [0.717, 1.165) is 39.3 Å². The minimum Gasteiger partial charge on any atom is -0.353 e. The Bertz CT molecular complexity index is 443. The van der Waals surface area contributed by atoms with Crippen molar-refractivity contribution in [1.29, 1.82) is 0 Å². The zero-order chi connectivity index (χ0) is 11.7. The Kier molecular flexibility index (Phi) is 3.45. The first-order valence-electron chi connectivity index (χ1n) is 5.27. The van der Waals surface area contributed by atoms with Crippen molar-refractivity contribution in [2.45, 2.75) is 13.8 Å². The number of thioether (sulfide) groups is 1. The number of amidine groups is 1. The highest BCUT2D eigenvalue weighted by Crippen LogP contribution is 2.28. The van der Waals surface area contributed by atoms with Crippen LogP contribution >= 0.6 is 23.4 Å². The highest BCUT2D eigenvalue weighted by Gasteiger charge is 2.15. The average Bonchev–Trinajstić information content (AvgIpc) is 2.61. The second kappa shape index (κ2) is 4.68. The van der Waals surface area contributed by atoms with Crippen LogP contribution in [-0.4, -0.2) is 29.4 Å². The van der Waals surface area contributed by atoms with Crippen molar-refractivity contribution in [2.24, 2.45) is 4.99 Å². The summed E-state index contributed by atoms with van der Waals surface area (Å²) in [5.41, 5.74) is 3.24. The van der Waals surface area contributed by atoms with Crippen LogP contribution in [0.4, 0.5) is 5.69 Å². The van der Waals surface area contributed by atoms with Crippen molar-refractivity contribution in [3.05, 3.63) is 28.3 Å². The highest BCUT2D eigenvalue weighted by atomic mass is 35.5. The maximum Gasteiger partial charge on any atom is 0.164 e.